The van der Waals surface area contributed by atoms with Crippen molar-refractivity contribution in [2.24, 2.45) is 0 Å². The van der Waals surface area contributed by atoms with Gasteiger partial charge in [-0.2, -0.15) is 0 Å². The molecule has 0 saturated carbocycles. The van der Waals surface area contributed by atoms with E-state index < -0.39 is 0 Å². The summed E-state index contributed by atoms with van der Waals surface area (Å²) < 4.78 is 2.20. The number of piperidine rings is 1. The second kappa shape index (κ2) is 8.45. The van der Waals surface area contributed by atoms with Crippen LogP contribution in [0.15, 0.2) is 36.8 Å². The number of aryl methyl sites for hydroxylation is 1. The van der Waals surface area contributed by atoms with Gasteiger partial charge < -0.3 is 4.90 Å². The summed E-state index contributed by atoms with van der Waals surface area (Å²) in [7, 11) is 2.21. The highest BCUT2D eigenvalue weighted by Crippen LogP contribution is 2.33. The van der Waals surface area contributed by atoms with E-state index in [9.17, 15) is 0 Å². The van der Waals surface area contributed by atoms with Gasteiger partial charge in [-0.25, -0.2) is 9.97 Å². The lowest BCUT2D eigenvalue weighted by atomic mass is 9.91. The Morgan fingerprint density at radius 1 is 1.03 bits per heavy atom. The highest BCUT2D eigenvalue weighted by Gasteiger charge is 2.30. The fourth-order valence-corrected chi connectivity index (χ4v) is 5.98. The lowest BCUT2D eigenvalue weighted by molar-refractivity contribution is 0.132. The standard InChI is InChI=1S/C25H33N7/c1-29(22-9-4-6-19-7-5-11-26-24(19)22)16-20-17-32-23(28-20)10-12-27-25(32)31-15-14-30-13-3-2-8-21(30)18-31/h5,7,10-12,17,21-22H,2-4,6,8-9,13-16,18H2,1H3. The van der Waals surface area contributed by atoms with E-state index in [4.69, 9.17) is 15.0 Å². The van der Waals surface area contributed by atoms with Crippen LogP contribution in [-0.4, -0.2) is 68.4 Å². The monoisotopic (exact) mass is 431 g/mol. The molecule has 7 nitrogen and oxygen atoms in total. The molecule has 2 atom stereocenters. The molecule has 6 rings (SSSR count). The van der Waals surface area contributed by atoms with Crippen molar-refractivity contribution in [1.82, 2.24) is 29.2 Å². The summed E-state index contributed by atoms with van der Waals surface area (Å²) in [6, 6.07) is 7.35. The summed E-state index contributed by atoms with van der Waals surface area (Å²) >= 11 is 0. The van der Waals surface area contributed by atoms with Crippen LogP contribution in [-0.2, 0) is 13.0 Å². The van der Waals surface area contributed by atoms with Crippen LogP contribution in [0.1, 0.15) is 55.1 Å². The number of nitrogens with zero attached hydrogens (tertiary/aromatic N) is 7. The minimum Gasteiger partial charge on any atom is -0.339 e. The SMILES string of the molecule is CN(Cc1cn2c(N3CCN4CCCCC4C3)nccc2n1)C1CCCc2cccnc21. The van der Waals surface area contributed by atoms with Crippen molar-refractivity contribution < 1.29 is 0 Å². The van der Waals surface area contributed by atoms with E-state index in [1.807, 2.05) is 18.5 Å². The van der Waals surface area contributed by atoms with Gasteiger partial charge in [-0.05, 0) is 63.4 Å². The number of imidazole rings is 1. The average Bonchev–Trinajstić information content (AvgIpc) is 3.25. The molecule has 0 bridgehead atoms. The minimum absolute atomic E-state index is 0.363. The van der Waals surface area contributed by atoms with Gasteiger partial charge in [0.15, 0.2) is 0 Å². The minimum atomic E-state index is 0.363. The summed E-state index contributed by atoms with van der Waals surface area (Å²) in [5, 5.41) is 0. The molecule has 3 aromatic rings. The summed E-state index contributed by atoms with van der Waals surface area (Å²) in [5.74, 6) is 1.04. The van der Waals surface area contributed by atoms with E-state index in [2.05, 4.69) is 44.5 Å². The van der Waals surface area contributed by atoms with Crippen molar-refractivity contribution >= 4 is 11.6 Å². The summed E-state index contributed by atoms with van der Waals surface area (Å²) in [6.45, 7) is 5.33. The van der Waals surface area contributed by atoms with Crippen LogP contribution in [0.5, 0.6) is 0 Å². The third-order valence-electron chi connectivity index (χ3n) is 7.64. The molecule has 0 N–H and O–H groups in total. The first kappa shape index (κ1) is 20.1. The maximum absolute atomic E-state index is 4.96. The molecule has 32 heavy (non-hydrogen) atoms. The Kier molecular flexibility index (Phi) is 5.31. The zero-order valence-electron chi connectivity index (χ0n) is 19.0. The number of fused-ring (bicyclic) bond motifs is 3. The van der Waals surface area contributed by atoms with Gasteiger partial charge in [0, 0.05) is 50.8 Å². The van der Waals surface area contributed by atoms with E-state index in [1.165, 1.54) is 43.5 Å². The Morgan fingerprint density at radius 3 is 2.97 bits per heavy atom. The Balaban J connectivity index is 1.23. The Bertz CT molecular complexity index is 1090. The first-order chi connectivity index (χ1) is 15.8. The lowest BCUT2D eigenvalue weighted by Gasteiger charge is -2.44. The molecule has 2 aliphatic heterocycles. The van der Waals surface area contributed by atoms with E-state index in [0.717, 1.165) is 56.3 Å². The number of rotatable bonds is 4. The number of pyridine rings is 1. The number of piperazine rings is 1. The normalized spacial score (nSPS) is 24.0. The zero-order chi connectivity index (χ0) is 21.5. The Morgan fingerprint density at radius 2 is 2.00 bits per heavy atom. The highest BCUT2D eigenvalue weighted by atomic mass is 15.4. The molecule has 168 valence electrons. The van der Waals surface area contributed by atoms with Crippen molar-refractivity contribution in [3.05, 3.63) is 53.7 Å². The second-order valence-electron chi connectivity index (χ2n) is 9.71. The molecular formula is C25H33N7. The molecule has 0 amide bonds. The van der Waals surface area contributed by atoms with Gasteiger partial charge in [0.05, 0.1) is 17.4 Å². The molecular weight excluding hydrogens is 398 g/mol. The summed E-state index contributed by atoms with van der Waals surface area (Å²) in [4.78, 5) is 22.0. The smallest absolute Gasteiger partial charge is 0.211 e. The maximum Gasteiger partial charge on any atom is 0.211 e. The number of hydrogen-bond donors (Lipinski definition) is 0. The summed E-state index contributed by atoms with van der Waals surface area (Å²) in [6.07, 6.45) is 13.6. The zero-order valence-corrected chi connectivity index (χ0v) is 19.0. The molecule has 1 aliphatic carbocycles. The maximum atomic E-state index is 4.96. The van der Waals surface area contributed by atoms with Crippen molar-refractivity contribution in [1.29, 1.82) is 0 Å². The Hall–Kier alpha value is -2.51. The number of aromatic nitrogens is 4. The number of anilines is 1. The highest BCUT2D eigenvalue weighted by molar-refractivity contribution is 5.48. The van der Waals surface area contributed by atoms with E-state index in [0.29, 0.717) is 12.1 Å². The first-order valence-electron chi connectivity index (χ1n) is 12.2. The van der Waals surface area contributed by atoms with Crippen LogP contribution in [0.3, 0.4) is 0 Å². The first-order valence-corrected chi connectivity index (χ1v) is 12.2. The largest absolute Gasteiger partial charge is 0.339 e. The second-order valence-corrected chi connectivity index (χ2v) is 9.71. The quantitative estimate of drug-likeness (QED) is 0.632. The van der Waals surface area contributed by atoms with E-state index in [-0.39, 0.29) is 0 Å². The molecule has 2 fully saturated rings. The van der Waals surface area contributed by atoms with Crippen LogP contribution in [0.4, 0.5) is 5.95 Å². The predicted molar refractivity (Wildman–Crippen MR) is 126 cm³/mol. The van der Waals surface area contributed by atoms with Gasteiger partial charge in [-0.1, -0.05) is 12.5 Å². The van der Waals surface area contributed by atoms with Gasteiger partial charge in [-0.3, -0.25) is 19.2 Å². The van der Waals surface area contributed by atoms with Crippen molar-refractivity contribution in [3.8, 4) is 0 Å². The van der Waals surface area contributed by atoms with Gasteiger partial charge in [0.25, 0.3) is 0 Å². The topological polar surface area (TPSA) is 52.8 Å². The summed E-state index contributed by atoms with van der Waals surface area (Å²) in [5.41, 5.74) is 4.74. The van der Waals surface area contributed by atoms with Gasteiger partial charge in [0.2, 0.25) is 5.95 Å². The van der Waals surface area contributed by atoms with Crippen molar-refractivity contribution in [3.63, 3.8) is 0 Å². The average molecular weight is 432 g/mol. The molecule has 0 radical (unpaired) electrons. The van der Waals surface area contributed by atoms with Crippen LogP contribution >= 0.6 is 0 Å². The molecule has 0 aromatic carbocycles. The number of hydrogen-bond acceptors (Lipinski definition) is 6. The Labute approximate surface area is 190 Å². The molecule has 5 heterocycles. The molecule has 2 unspecified atom stereocenters. The van der Waals surface area contributed by atoms with Gasteiger partial charge in [0.1, 0.15) is 5.65 Å². The molecule has 7 heteroatoms. The predicted octanol–water partition coefficient (Wildman–Crippen LogP) is 3.31. The molecule has 3 aliphatic rings. The van der Waals surface area contributed by atoms with Crippen LogP contribution in [0, 0.1) is 0 Å². The van der Waals surface area contributed by atoms with Crippen LogP contribution < -0.4 is 4.90 Å². The van der Waals surface area contributed by atoms with Gasteiger partial charge >= 0.3 is 0 Å². The van der Waals surface area contributed by atoms with Crippen LogP contribution in [0.2, 0.25) is 0 Å². The molecule has 0 spiro atoms. The van der Waals surface area contributed by atoms with Gasteiger partial charge in [-0.15, -0.1) is 0 Å². The molecule has 2 saturated heterocycles. The lowest BCUT2D eigenvalue weighted by Crippen LogP contribution is -2.55. The third kappa shape index (κ3) is 3.67. The van der Waals surface area contributed by atoms with Crippen molar-refractivity contribution in [2.45, 2.75) is 57.2 Å². The van der Waals surface area contributed by atoms with Crippen LogP contribution in [0.25, 0.3) is 5.65 Å². The third-order valence-corrected chi connectivity index (χ3v) is 7.64. The molecule has 3 aromatic heterocycles. The fourth-order valence-electron chi connectivity index (χ4n) is 5.98. The fraction of sp³-hybridized carbons (Fsp3) is 0.560. The van der Waals surface area contributed by atoms with Crippen molar-refractivity contribution in [2.75, 3.05) is 38.1 Å². The van der Waals surface area contributed by atoms with E-state index >= 15 is 0 Å². The van der Waals surface area contributed by atoms with E-state index in [1.54, 1.807) is 0 Å².